The van der Waals surface area contributed by atoms with E-state index in [9.17, 15) is 9.18 Å². The molecule has 1 aliphatic heterocycles. The Balaban J connectivity index is 2.40. The average Bonchev–Trinajstić information content (AvgIpc) is 2.70. The molecular weight excluding hydrogens is 197 g/mol. The van der Waals surface area contributed by atoms with E-state index in [0.717, 1.165) is 25.5 Å². The van der Waals surface area contributed by atoms with Crippen LogP contribution in [0.5, 0.6) is 0 Å². The summed E-state index contributed by atoms with van der Waals surface area (Å²) in [6, 6.07) is 4.00. The summed E-state index contributed by atoms with van der Waals surface area (Å²) in [6.07, 6.45) is 1.94. The van der Waals surface area contributed by atoms with Crippen LogP contribution in [-0.4, -0.2) is 17.6 Å². The minimum absolute atomic E-state index is 0.0525. The molecule has 15 heavy (non-hydrogen) atoms. The molecule has 0 bridgehead atoms. The van der Waals surface area contributed by atoms with Gasteiger partial charge in [-0.1, -0.05) is 6.07 Å². The van der Waals surface area contributed by atoms with E-state index in [1.165, 1.54) is 6.07 Å². The zero-order valence-electron chi connectivity index (χ0n) is 8.16. The number of aromatic carboxylic acids is 1. The fourth-order valence-corrected chi connectivity index (χ4v) is 1.97. The Labute approximate surface area is 86.9 Å². The lowest BCUT2D eigenvalue weighted by molar-refractivity contribution is 0.0694. The lowest BCUT2D eigenvalue weighted by atomic mass is 9.99. The van der Waals surface area contributed by atoms with E-state index >= 15 is 0 Å². The molecule has 1 aromatic carbocycles. The minimum atomic E-state index is -1.07. The van der Waals surface area contributed by atoms with Crippen molar-refractivity contribution in [2.75, 3.05) is 6.54 Å². The summed E-state index contributed by atoms with van der Waals surface area (Å²) in [5.41, 5.74) is 0.746. The monoisotopic (exact) mass is 209 g/mol. The van der Waals surface area contributed by atoms with E-state index in [1.54, 1.807) is 6.07 Å². The van der Waals surface area contributed by atoms with Gasteiger partial charge in [-0.15, -0.1) is 0 Å². The quantitative estimate of drug-likeness (QED) is 0.782. The zero-order chi connectivity index (χ0) is 10.8. The minimum Gasteiger partial charge on any atom is -0.478 e. The summed E-state index contributed by atoms with van der Waals surface area (Å²) in [6.45, 7) is 0.890. The fourth-order valence-electron chi connectivity index (χ4n) is 1.97. The highest BCUT2D eigenvalue weighted by Crippen LogP contribution is 2.26. The Morgan fingerprint density at radius 3 is 2.93 bits per heavy atom. The van der Waals surface area contributed by atoms with Gasteiger partial charge in [0.05, 0.1) is 5.56 Å². The van der Waals surface area contributed by atoms with Crippen LogP contribution in [0.15, 0.2) is 18.2 Å². The number of halogens is 1. The van der Waals surface area contributed by atoms with E-state index in [-0.39, 0.29) is 11.6 Å². The summed E-state index contributed by atoms with van der Waals surface area (Å²) >= 11 is 0. The van der Waals surface area contributed by atoms with Gasteiger partial charge in [0.25, 0.3) is 0 Å². The summed E-state index contributed by atoms with van der Waals surface area (Å²) in [4.78, 5) is 10.9. The first-order valence-electron chi connectivity index (χ1n) is 4.94. The maximum absolute atomic E-state index is 12.9. The lowest BCUT2D eigenvalue weighted by Gasteiger charge is -2.13. The van der Waals surface area contributed by atoms with Gasteiger partial charge in [0.1, 0.15) is 5.82 Å². The second-order valence-corrected chi connectivity index (χ2v) is 3.69. The Kier molecular flexibility index (Phi) is 2.68. The highest BCUT2D eigenvalue weighted by Gasteiger charge is 2.22. The number of rotatable bonds is 2. The molecule has 1 aromatic rings. The number of nitrogens with one attached hydrogen (secondary N) is 1. The molecule has 4 heteroatoms. The highest BCUT2D eigenvalue weighted by atomic mass is 19.1. The Bertz CT molecular complexity index is 386. The van der Waals surface area contributed by atoms with Crippen LogP contribution in [-0.2, 0) is 0 Å². The fraction of sp³-hybridized carbons (Fsp3) is 0.364. The van der Waals surface area contributed by atoms with Crippen molar-refractivity contribution >= 4 is 5.97 Å². The first kappa shape index (κ1) is 10.1. The zero-order valence-corrected chi connectivity index (χ0v) is 8.16. The van der Waals surface area contributed by atoms with Gasteiger partial charge in [0.15, 0.2) is 0 Å². The molecule has 2 rings (SSSR count). The van der Waals surface area contributed by atoms with Crippen LogP contribution in [0.3, 0.4) is 0 Å². The molecule has 0 aliphatic carbocycles. The number of carbonyl (C=O) groups is 1. The number of benzene rings is 1. The summed E-state index contributed by atoms with van der Waals surface area (Å²) in [7, 11) is 0. The summed E-state index contributed by atoms with van der Waals surface area (Å²) in [5, 5.41) is 12.2. The van der Waals surface area contributed by atoms with Crippen molar-refractivity contribution < 1.29 is 14.3 Å². The molecular formula is C11H12FNO2. The second kappa shape index (κ2) is 3.98. The van der Waals surface area contributed by atoms with Crippen LogP contribution in [0.4, 0.5) is 4.39 Å². The van der Waals surface area contributed by atoms with E-state index in [1.807, 2.05) is 0 Å². The highest BCUT2D eigenvalue weighted by molar-refractivity contribution is 5.89. The predicted molar refractivity (Wildman–Crippen MR) is 53.3 cm³/mol. The van der Waals surface area contributed by atoms with Gasteiger partial charge < -0.3 is 10.4 Å². The van der Waals surface area contributed by atoms with E-state index in [4.69, 9.17) is 5.11 Å². The van der Waals surface area contributed by atoms with Gasteiger partial charge in [-0.3, -0.25) is 0 Å². The van der Waals surface area contributed by atoms with Crippen LogP contribution in [0.1, 0.15) is 34.8 Å². The van der Waals surface area contributed by atoms with Crippen molar-refractivity contribution in [3.63, 3.8) is 0 Å². The average molecular weight is 209 g/mol. The number of hydrogen-bond donors (Lipinski definition) is 2. The molecule has 2 N–H and O–H groups in total. The maximum atomic E-state index is 12.9. The molecule has 0 aromatic heterocycles. The van der Waals surface area contributed by atoms with Crippen LogP contribution < -0.4 is 5.32 Å². The number of carboxylic acids is 1. The van der Waals surface area contributed by atoms with E-state index < -0.39 is 11.8 Å². The third kappa shape index (κ3) is 1.99. The maximum Gasteiger partial charge on any atom is 0.336 e. The van der Waals surface area contributed by atoms with Gasteiger partial charge in [-0.05, 0) is 37.1 Å². The van der Waals surface area contributed by atoms with Gasteiger partial charge in [-0.2, -0.15) is 0 Å². The van der Waals surface area contributed by atoms with Crippen LogP contribution in [0.25, 0.3) is 0 Å². The molecule has 1 unspecified atom stereocenters. The third-order valence-corrected chi connectivity index (χ3v) is 2.68. The van der Waals surface area contributed by atoms with Crippen LogP contribution in [0.2, 0.25) is 0 Å². The molecule has 0 radical (unpaired) electrons. The van der Waals surface area contributed by atoms with Gasteiger partial charge in [0, 0.05) is 6.04 Å². The Morgan fingerprint density at radius 1 is 1.53 bits per heavy atom. The molecule has 1 aliphatic rings. The standard InChI is InChI=1S/C11H12FNO2/c12-7-3-4-8(9(6-7)11(14)15)10-2-1-5-13-10/h3-4,6,10,13H,1-2,5H2,(H,14,15). The molecule has 80 valence electrons. The molecule has 1 heterocycles. The van der Waals surface area contributed by atoms with Gasteiger partial charge in [-0.25, -0.2) is 9.18 Å². The SMILES string of the molecule is O=C(O)c1cc(F)ccc1C1CCCN1. The van der Waals surface area contributed by atoms with Crippen LogP contribution in [0, 0.1) is 5.82 Å². The molecule has 1 atom stereocenters. The van der Waals surface area contributed by atoms with Crippen molar-refractivity contribution in [2.24, 2.45) is 0 Å². The summed E-state index contributed by atoms with van der Waals surface area (Å²) in [5.74, 6) is -1.58. The summed E-state index contributed by atoms with van der Waals surface area (Å²) < 4.78 is 12.9. The topological polar surface area (TPSA) is 49.3 Å². The second-order valence-electron chi connectivity index (χ2n) is 3.69. The van der Waals surface area contributed by atoms with Crippen molar-refractivity contribution in [1.82, 2.24) is 5.32 Å². The number of hydrogen-bond acceptors (Lipinski definition) is 2. The smallest absolute Gasteiger partial charge is 0.336 e. The lowest BCUT2D eigenvalue weighted by Crippen LogP contribution is -2.16. The Hall–Kier alpha value is -1.42. The van der Waals surface area contributed by atoms with Crippen molar-refractivity contribution in [3.05, 3.63) is 35.1 Å². The first-order valence-corrected chi connectivity index (χ1v) is 4.94. The number of carboxylic acid groups (broad SMARTS) is 1. The van der Waals surface area contributed by atoms with Crippen LogP contribution >= 0.6 is 0 Å². The molecule has 1 fully saturated rings. The van der Waals surface area contributed by atoms with Crippen molar-refractivity contribution in [1.29, 1.82) is 0 Å². The Morgan fingerprint density at radius 2 is 2.33 bits per heavy atom. The largest absolute Gasteiger partial charge is 0.478 e. The van der Waals surface area contributed by atoms with Gasteiger partial charge >= 0.3 is 5.97 Å². The first-order chi connectivity index (χ1) is 7.18. The predicted octanol–water partition coefficient (Wildman–Crippen LogP) is 1.95. The van der Waals surface area contributed by atoms with Gasteiger partial charge in [0.2, 0.25) is 0 Å². The van der Waals surface area contributed by atoms with E-state index in [0.29, 0.717) is 5.56 Å². The normalized spacial score (nSPS) is 20.5. The third-order valence-electron chi connectivity index (χ3n) is 2.68. The molecule has 0 saturated carbocycles. The molecule has 3 nitrogen and oxygen atoms in total. The van der Waals surface area contributed by atoms with Crippen molar-refractivity contribution in [2.45, 2.75) is 18.9 Å². The molecule has 1 saturated heterocycles. The molecule has 0 spiro atoms. The van der Waals surface area contributed by atoms with Crippen molar-refractivity contribution in [3.8, 4) is 0 Å². The molecule has 0 amide bonds. The van der Waals surface area contributed by atoms with E-state index in [2.05, 4.69) is 5.32 Å².